The largest absolute Gasteiger partial charge is 0.324 e. The summed E-state index contributed by atoms with van der Waals surface area (Å²) in [5.74, 6) is -0.256. The van der Waals surface area contributed by atoms with Crippen LogP contribution >= 0.6 is 0 Å². The van der Waals surface area contributed by atoms with Gasteiger partial charge >= 0.3 is 0 Å². The van der Waals surface area contributed by atoms with Crippen LogP contribution in [0.4, 0.5) is 5.69 Å². The zero-order valence-corrected chi connectivity index (χ0v) is 12.1. The summed E-state index contributed by atoms with van der Waals surface area (Å²) in [5, 5.41) is 3.32. The number of hydrogen-bond donors (Lipinski definition) is 1. The lowest BCUT2D eigenvalue weighted by molar-refractivity contribution is -0.116. The fourth-order valence-electron chi connectivity index (χ4n) is 2.28. The van der Waals surface area contributed by atoms with Gasteiger partial charge in [0.1, 0.15) is 6.54 Å². The van der Waals surface area contributed by atoms with Crippen molar-refractivity contribution in [3.63, 3.8) is 0 Å². The molecule has 1 aromatic heterocycles. The number of nitrogens with one attached hydrogen (secondary N) is 1. The molecular weight excluding hydrogens is 278 g/mol. The van der Waals surface area contributed by atoms with Gasteiger partial charge in [-0.05, 0) is 30.7 Å². The molecule has 0 saturated carbocycles. The second-order valence-corrected chi connectivity index (χ2v) is 5.06. The molecule has 1 amide bonds. The summed E-state index contributed by atoms with van der Waals surface area (Å²) in [6, 6.07) is 14.6. The molecule has 2 aromatic carbocycles. The lowest BCUT2D eigenvalue weighted by Gasteiger charge is -2.09. The van der Waals surface area contributed by atoms with E-state index in [2.05, 4.69) is 10.3 Å². The van der Waals surface area contributed by atoms with E-state index in [1.807, 2.05) is 37.3 Å². The third-order valence-electron chi connectivity index (χ3n) is 3.46. The summed E-state index contributed by atoms with van der Waals surface area (Å²) in [4.78, 5) is 28.7. The molecule has 3 rings (SSSR count). The van der Waals surface area contributed by atoms with E-state index in [-0.39, 0.29) is 18.0 Å². The van der Waals surface area contributed by atoms with Gasteiger partial charge in [-0.25, -0.2) is 4.98 Å². The Labute approximate surface area is 127 Å². The normalized spacial score (nSPS) is 10.6. The van der Waals surface area contributed by atoms with Crippen LogP contribution in [0.5, 0.6) is 0 Å². The highest BCUT2D eigenvalue weighted by atomic mass is 16.2. The first-order valence-corrected chi connectivity index (χ1v) is 6.95. The van der Waals surface area contributed by atoms with Crippen LogP contribution in [-0.2, 0) is 11.3 Å². The first-order chi connectivity index (χ1) is 10.6. The minimum Gasteiger partial charge on any atom is -0.324 e. The lowest BCUT2D eigenvalue weighted by atomic mass is 10.2. The minimum atomic E-state index is -0.256. The molecule has 0 fully saturated rings. The molecule has 1 N–H and O–H groups in total. The van der Waals surface area contributed by atoms with Gasteiger partial charge in [-0.3, -0.25) is 14.2 Å². The predicted molar refractivity (Wildman–Crippen MR) is 85.8 cm³/mol. The lowest BCUT2D eigenvalue weighted by Crippen LogP contribution is -2.28. The van der Waals surface area contributed by atoms with E-state index >= 15 is 0 Å². The number of fused-ring (bicyclic) bond motifs is 1. The van der Waals surface area contributed by atoms with Gasteiger partial charge in [-0.2, -0.15) is 0 Å². The van der Waals surface area contributed by atoms with Crippen LogP contribution in [0, 0.1) is 6.92 Å². The molecule has 22 heavy (non-hydrogen) atoms. The van der Waals surface area contributed by atoms with E-state index in [1.54, 1.807) is 18.2 Å². The summed E-state index contributed by atoms with van der Waals surface area (Å²) < 4.78 is 1.32. The third-order valence-corrected chi connectivity index (χ3v) is 3.46. The second kappa shape index (κ2) is 5.81. The van der Waals surface area contributed by atoms with Crippen molar-refractivity contribution in [3.8, 4) is 0 Å². The standard InChI is InChI=1S/C17H15N3O2/c1-12-6-2-4-8-14(12)19-16(21)10-20-11-18-15-9-5-3-7-13(15)17(20)22/h2-9,11H,10H2,1H3,(H,19,21). The Bertz CT molecular complexity index is 900. The number of nitrogens with zero attached hydrogens (tertiary/aromatic N) is 2. The zero-order chi connectivity index (χ0) is 15.5. The number of carbonyl (C=O) groups excluding carboxylic acids is 1. The molecule has 5 heteroatoms. The molecule has 0 spiro atoms. The summed E-state index contributed by atoms with van der Waals surface area (Å²) in [6.07, 6.45) is 1.40. The average molecular weight is 293 g/mol. The van der Waals surface area contributed by atoms with Crippen LogP contribution in [-0.4, -0.2) is 15.5 Å². The molecule has 110 valence electrons. The van der Waals surface area contributed by atoms with Gasteiger partial charge in [0, 0.05) is 5.69 Å². The Kier molecular flexibility index (Phi) is 3.70. The number of aryl methyl sites for hydroxylation is 1. The van der Waals surface area contributed by atoms with Gasteiger partial charge in [0.2, 0.25) is 5.91 Å². The number of anilines is 1. The molecular formula is C17H15N3O2. The minimum absolute atomic E-state index is 0.0645. The SMILES string of the molecule is Cc1ccccc1NC(=O)Cn1cnc2ccccc2c1=O. The first kappa shape index (κ1) is 14.0. The predicted octanol–water partition coefficient (Wildman–Crippen LogP) is 2.34. The number of rotatable bonds is 3. The quantitative estimate of drug-likeness (QED) is 0.806. The smallest absolute Gasteiger partial charge is 0.261 e. The Balaban J connectivity index is 1.84. The van der Waals surface area contributed by atoms with Crippen molar-refractivity contribution < 1.29 is 4.79 Å². The Morgan fingerprint density at radius 1 is 1.14 bits per heavy atom. The van der Waals surface area contributed by atoms with E-state index in [0.29, 0.717) is 10.9 Å². The van der Waals surface area contributed by atoms with Gasteiger partial charge in [0.15, 0.2) is 0 Å². The van der Waals surface area contributed by atoms with Gasteiger partial charge in [-0.15, -0.1) is 0 Å². The highest BCUT2D eigenvalue weighted by molar-refractivity contribution is 5.91. The van der Waals surface area contributed by atoms with E-state index < -0.39 is 0 Å². The molecule has 0 aliphatic rings. The molecule has 0 saturated heterocycles. The number of benzene rings is 2. The van der Waals surface area contributed by atoms with Crippen molar-refractivity contribution in [2.75, 3.05) is 5.32 Å². The molecule has 0 atom stereocenters. The summed E-state index contributed by atoms with van der Waals surface area (Å²) in [5.41, 5.74) is 2.13. The highest BCUT2D eigenvalue weighted by Crippen LogP contribution is 2.13. The van der Waals surface area contributed by atoms with E-state index in [0.717, 1.165) is 11.3 Å². The van der Waals surface area contributed by atoms with E-state index in [9.17, 15) is 9.59 Å². The van der Waals surface area contributed by atoms with Crippen LogP contribution < -0.4 is 10.9 Å². The van der Waals surface area contributed by atoms with Crippen molar-refractivity contribution in [2.45, 2.75) is 13.5 Å². The van der Waals surface area contributed by atoms with Crippen molar-refractivity contribution in [1.82, 2.24) is 9.55 Å². The molecule has 5 nitrogen and oxygen atoms in total. The van der Waals surface area contributed by atoms with Crippen molar-refractivity contribution in [3.05, 3.63) is 70.8 Å². The van der Waals surface area contributed by atoms with Crippen LogP contribution in [0.2, 0.25) is 0 Å². The second-order valence-electron chi connectivity index (χ2n) is 5.06. The molecule has 0 unspecified atom stereocenters. The Morgan fingerprint density at radius 3 is 2.68 bits per heavy atom. The summed E-state index contributed by atoms with van der Waals surface area (Å²) in [6.45, 7) is 1.85. The van der Waals surface area contributed by atoms with E-state index in [1.165, 1.54) is 10.9 Å². The monoisotopic (exact) mass is 293 g/mol. The number of carbonyl (C=O) groups is 1. The maximum atomic E-state index is 12.3. The molecule has 3 aromatic rings. The fourth-order valence-corrected chi connectivity index (χ4v) is 2.28. The third kappa shape index (κ3) is 2.74. The van der Waals surface area contributed by atoms with Crippen LogP contribution in [0.15, 0.2) is 59.7 Å². The highest BCUT2D eigenvalue weighted by Gasteiger charge is 2.09. The van der Waals surface area contributed by atoms with Gasteiger partial charge < -0.3 is 5.32 Å². The topological polar surface area (TPSA) is 64.0 Å². The molecule has 0 bridgehead atoms. The van der Waals surface area contributed by atoms with Crippen LogP contribution in [0.25, 0.3) is 10.9 Å². The maximum Gasteiger partial charge on any atom is 0.261 e. The average Bonchev–Trinajstić information content (AvgIpc) is 2.53. The van der Waals surface area contributed by atoms with Gasteiger partial charge in [0.25, 0.3) is 5.56 Å². The summed E-state index contributed by atoms with van der Waals surface area (Å²) in [7, 11) is 0. The molecule has 0 aliphatic carbocycles. The Hall–Kier alpha value is -2.95. The number of para-hydroxylation sites is 2. The first-order valence-electron chi connectivity index (χ1n) is 6.95. The van der Waals surface area contributed by atoms with Gasteiger partial charge in [-0.1, -0.05) is 30.3 Å². The number of aromatic nitrogens is 2. The maximum absolute atomic E-state index is 12.3. The number of hydrogen-bond acceptors (Lipinski definition) is 3. The Morgan fingerprint density at radius 2 is 1.86 bits per heavy atom. The molecule has 0 aliphatic heterocycles. The van der Waals surface area contributed by atoms with Crippen LogP contribution in [0.1, 0.15) is 5.56 Å². The molecule has 1 heterocycles. The summed E-state index contributed by atoms with van der Waals surface area (Å²) >= 11 is 0. The fraction of sp³-hybridized carbons (Fsp3) is 0.118. The van der Waals surface area contributed by atoms with E-state index in [4.69, 9.17) is 0 Å². The van der Waals surface area contributed by atoms with Gasteiger partial charge in [0.05, 0.1) is 17.2 Å². The molecule has 0 radical (unpaired) electrons. The van der Waals surface area contributed by atoms with Crippen LogP contribution in [0.3, 0.4) is 0 Å². The zero-order valence-electron chi connectivity index (χ0n) is 12.1. The number of amides is 1. The van der Waals surface area contributed by atoms with Crippen molar-refractivity contribution in [1.29, 1.82) is 0 Å². The van der Waals surface area contributed by atoms with Crippen molar-refractivity contribution >= 4 is 22.5 Å². The van der Waals surface area contributed by atoms with Crippen molar-refractivity contribution in [2.24, 2.45) is 0 Å².